The van der Waals surface area contributed by atoms with Crippen LogP contribution in [0.4, 0.5) is 5.69 Å². The second-order valence-corrected chi connectivity index (χ2v) is 4.80. The zero-order valence-corrected chi connectivity index (χ0v) is 10.5. The number of thiophene rings is 1. The van der Waals surface area contributed by atoms with Crippen molar-refractivity contribution in [2.45, 2.75) is 13.8 Å². The summed E-state index contributed by atoms with van der Waals surface area (Å²) in [7, 11) is 0. The lowest BCUT2D eigenvalue weighted by Gasteiger charge is -2.08. The number of amides is 1. The van der Waals surface area contributed by atoms with Crippen molar-refractivity contribution in [3.05, 3.63) is 45.6 Å². The van der Waals surface area contributed by atoms with Crippen LogP contribution in [0, 0.1) is 13.8 Å². The van der Waals surface area contributed by atoms with Gasteiger partial charge in [0.15, 0.2) is 0 Å². The molecule has 88 valence electrons. The van der Waals surface area contributed by atoms with Gasteiger partial charge in [0.05, 0.1) is 4.88 Å². The van der Waals surface area contributed by atoms with Crippen LogP contribution < -0.4 is 5.32 Å². The highest BCUT2D eigenvalue weighted by Crippen LogP contribution is 2.22. The predicted octanol–water partition coefficient (Wildman–Crippen LogP) is 3.32. The standard InChI is InChI=1S/C13H13NO2S/c1-8-5-6-17-12(8)13(16)14-11-4-3-10(15)7-9(11)2/h3-7,15H,1-2H3,(H,14,16). The number of phenols is 1. The summed E-state index contributed by atoms with van der Waals surface area (Å²) >= 11 is 1.42. The third kappa shape index (κ3) is 2.47. The molecule has 4 heteroatoms. The van der Waals surface area contributed by atoms with Crippen molar-refractivity contribution >= 4 is 22.9 Å². The Balaban J connectivity index is 2.22. The number of phenolic OH excluding ortho intramolecular Hbond substituents is 1. The Hall–Kier alpha value is -1.81. The van der Waals surface area contributed by atoms with E-state index in [1.165, 1.54) is 11.3 Å². The second kappa shape index (κ2) is 4.59. The minimum atomic E-state index is -0.105. The third-order valence-corrected chi connectivity index (χ3v) is 3.54. The second-order valence-electron chi connectivity index (χ2n) is 3.89. The predicted molar refractivity (Wildman–Crippen MR) is 69.9 cm³/mol. The molecule has 0 aliphatic heterocycles. The number of nitrogens with one attached hydrogen (secondary N) is 1. The fourth-order valence-corrected chi connectivity index (χ4v) is 2.39. The topological polar surface area (TPSA) is 49.3 Å². The molecule has 1 heterocycles. The molecule has 2 N–H and O–H groups in total. The Labute approximate surface area is 104 Å². The van der Waals surface area contributed by atoms with Gasteiger partial charge >= 0.3 is 0 Å². The molecule has 2 aromatic rings. The van der Waals surface area contributed by atoms with E-state index in [2.05, 4.69) is 5.32 Å². The molecule has 0 saturated heterocycles. The van der Waals surface area contributed by atoms with E-state index in [0.717, 1.165) is 21.7 Å². The Morgan fingerprint density at radius 3 is 2.59 bits per heavy atom. The number of hydrogen-bond acceptors (Lipinski definition) is 3. The number of carbonyl (C=O) groups excluding carboxylic acids is 1. The first-order valence-electron chi connectivity index (χ1n) is 5.23. The SMILES string of the molecule is Cc1cc(O)ccc1NC(=O)c1sccc1C. The lowest BCUT2D eigenvalue weighted by molar-refractivity contribution is 0.103. The average Bonchev–Trinajstić information content (AvgIpc) is 2.68. The van der Waals surface area contributed by atoms with Gasteiger partial charge in [-0.25, -0.2) is 0 Å². The van der Waals surface area contributed by atoms with Crippen molar-refractivity contribution in [2.75, 3.05) is 5.32 Å². The van der Waals surface area contributed by atoms with Crippen LogP contribution in [-0.4, -0.2) is 11.0 Å². The molecule has 0 saturated carbocycles. The van der Waals surface area contributed by atoms with Gasteiger partial charge in [-0.3, -0.25) is 4.79 Å². The van der Waals surface area contributed by atoms with Gasteiger partial charge in [-0.2, -0.15) is 0 Å². The monoisotopic (exact) mass is 247 g/mol. The molecular weight excluding hydrogens is 234 g/mol. The molecular formula is C13H13NO2S. The molecule has 0 radical (unpaired) electrons. The number of hydrogen-bond donors (Lipinski definition) is 2. The van der Waals surface area contributed by atoms with Gasteiger partial charge in [-0.05, 0) is 54.6 Å². The minimum absolute atomic E-state index is 0.105. The number of carbonyl (C=O) groups is 1. The molecule has 0 aliphatic carbocycles. The third-order valence-electron chi connectivity index (χ3n) is 2.53. The van der Waals surface area contributed by atoms with Gasteiger partial charge in [0.2, 0.25) is 0 Å². The fourth-order valence-electron chi connectivity index (χ4n) is 1.57. The van der Waals surface area contributed by atoms with Gasteiger partial charge < -0.3 is 10.4 Å². The molecule has 0 aliphatic rings. The first-order valence-corrected chi connectivity index (χ1v) is 6.11. The van der Waals surface area contributed by atoms with Crippen LogP contribution in [-0.2, 0) is 0 Å². The van der Waals surface area contributed by atoms with Gasteiger partial charge in [0.1, 0.15) is 5.75 Å². The molecule has 2 rings (SSSR count). The highest BCUT2D eigenvalue weighted by molar-refractivity contribution is 7.12. The van der Waals surface area contributed by atoms with Crippen LogP contribution in [0.3, 0.4) is 0 Å². The van der Waals surface area contributed by atoms with Crippen LogP contribution in [0.25, 0.3) is 0 Å². The lowest BCUT2D eigenvalue weighted by Crippen LogP contribution is -2.12. The first-order chi connectivity index (χ1) is 8.08. The smallest absolute Gasteiger partial charge is 0.266 e. The van der Waals surface area contributed by atoms with E-state index in [-0.39, 0.29) is 11.7 Å². The van der Waals surface area contributed by atoms with Crippen molar-refractivity contribution in [2.24, 2.45) is 0 Å². The van der Waals surface area contributed by atoms with Crippen LogP contribution in [0.5, 0.6) is 5.75 Å². The maximum atomic E-state index is 12.0. The molecule has 1 aromatic heterocycles. The molecule has 0 spiro atoms. The molecule has 0 unspecified atom stereocenters. The van der Waals surface area contributed by atoms with E-state index in [0.29, 0.717) is 0 Å². The summed E-state index contributed by atoms with van der Waals surface area (Å²) < 4.78 is 0. The van der Waals surface area contributed by atoms with E-state index in [1.807, 2.05) is 25.3 Å². The van der Waals surface area contributed by atoms with E-state index < -0.39 is 0 Å². The Morgan fingerprint density at radius 2 is 2.00 bits per heavy atom. The Kier molecular flexibility index (Phi) is 3.15. The van der Waals surface area contributed by atoms with E-state index in [1.54, 1.807) is 18.2 Å². The normalized spacial score (nSPS) is 10.2. The van der Waals surface area contributed by atoms with Crippen LogP contribution in [0.2, 0.25) is 0 Å². The summed E-state index contributed by atoms with van der Waals surface area (Å²) in [6, 6.07) is 6.80. The van der Waals surface area contributed by atoms with Crippen molar-refractivity contribution in [3.63, 3.8) is 0 Å². The van der Waals surface area contributed by atoms with E-state index >= 15 is 0 Å². The number of aryl methyl sites for hydroxylation is 2. The lowest BCUT2D eigenvalue weighted by atomic mass is 10.2. The van der Waals surface area contributed by atoms with Crippen molar-refractivity contribution in [3.8, 4) is 5.75 Å². The quantitative estimate of drug-likeness (QED) is 0.800. The number of benzene rings is 1. The molecule has 0 bridgehead atoms. The van der Waals surface area contributed by atoms with Crippen molar-refractivity contribution in [1.82, 2.24) is 0 Å². The van der Waals surface area contributed by atoms with Crippen LogP contribution in [0.1, 0.15) is 20.8 Å². The maximum absolute atomic E-state index is 12.0. The maximum Gasteiger partial charge on any atom is 0.266 e. The van der Waals surface area contributed by atoms with Gasteiger partial charge in [0, 0.05) is 5.69 Å². The highest BCUT2D eigenvalue weighted by Gasteiger charge is 2.11. The van der Waals surface area contributed by atoms with E-state index in [9.17, 15) is 9.90 Å². The summed E-state index contributed by atoms with van der Waals surface area (Å²) in [5.41, 5.74) is 2.54. The zero-order chi connectivity index (χ0) is 12.4. The Morgan fingerprint density at radius 1 is 1.24 bits per heavy atom. The summed E-state index contributed by atoms with van der Waals surface area (Å²) in [4.78, 5) is 12.7. The summed E-state index contributed by atoms with van der Waals surface area (Å²) in [5, 5.41) is 14.0. The van der Waals surface area contributed by atoms with Crippen LogP contribution in [0.15, 0.2) is 29.6 Å². The first kappa shape index (κ1) is 11.7. The molecule has 0 atom stereocenters. The van der Waals surface area contributed by atoms with Gasteiger partial charge in [0.25, 0.3) is 5.91 Å². The summed E-state index contributed by atoms with van der Waals surface area (Å²) in [5.74, 6) is 0.0964. The largest absolute Gasteiger partial charge is 0.508 e. The van der Waals surface area contributed by atoms with Crippen molar-refractivity contribution < 1.29 is 9.90 Å². The fraction of sp³-hybridized carbons (Fsp3) is 0.154. The minimum Gasteiger partial charge on any atom is -0.508 e. The zero-order valence-electron chi connectivity index (χ0n) is 9.65. The molecule has 1 amide bonds. The van der Waals surface area contributed by atoms with Crippen LogP contribution >= 0.6 is 11.3 Å². The Bertz CT molecular complexity index is 560. The van der Waals surface area contributed by atoms with Crippen molar-refractivity contribution in [1.29, 1.82) is 0 Å². The number of anilines is 1. The highest BCUT2D eigenvalue weighted by atomic mass is 32.1. The molecule has 1 aromatic carbocycles. The number of rotatable bonds is 2. The molecule has 3 nitrogen and oxygen atoms in total. The number of aromatic hydroxyl groups is 1. The summed E-state index contributed by atoms with van der Waals surface area (Å²) in [6.07, 6.45) is 0. The van der Waals surface area contributed by atoms with E-state index in [4.69, 9.17) is 0 Å². The van der Waals surface area contributed by atoms with Gasteiger partial charge in [-0.15, -0.1) is 11.3 Å². The summed E-state index contributed by atoms with van der Waals surface area (Å²) in [6.45, 7) is 3.76. The van der Waals surface area contributed by atoms with Gasteiger partial charge in [-0.1, -0.05) is 0 Å². The molecule has 17 heavy (non-hydrogen) atoms. The average molecular weight is 247 g/mol. The molecule has 0 fully saturated rings.